The van der Waals surface area contributed by atoms with Crippen LogP contribution in [0.1, 0.15) is 24.2 Å². The van der Waals surface area contributed by atoms with Crippen molar-refractivity contribution in [2.45, 2.75) is 13.8 Å². The SMILES string of the molecule is CC(C)COC(=O)Nc1cccc(NC(=O)c2cc(Cl)nc3ccccc23)c1. The van der Waals surface area contributed by atoms with E-state index in [1.807, 2.05) is 32.0 Å². The lowest BCUT2D eigenvalue weighted by molar-refractivity contribution is 0.102. The van der Waals surface area contributed by atoms with Crippen LogP contribution in [0.5, 0.6) is 0 Å². The number of benzene rings is 2. The highest BCUT2D eigenvalue weighted by Crippen LogP contribution is 2.23. The normalized spacial score (nSPS) is 10.7. The molecule has 0 aliphatic rings. The molecule has 144 valence electrons. The minimum atomic E-state index is -0.538. The van der Waals surface area contributed by atoms with Gasteiger partial charge in [-0.05, 0) is 36.2 Å². The molecule has 7 heteroatoms. The molecular formula is C21H20ClN3O3. The highest BCUT2D eigenvalue weighted by atomic mass is 35.5. The van der Waals surface area contributed by atoms with Crippen molar-refractivity contribution in [2.24, 2.45) is 5.92 Å². The first-order valence-corrected chi connectivity index (χ1v) is 9.20. The number of para-hydroxylation sites is 1. The topological polar surface area (TPSA) is 80.3 Å². The first-order chi connectivity index (χ1) is 13.4. The fourth-order valence-electron chi connectivity index (χ4n) is 2.60. The summed E-state index contributed by atoms with van der Waals surface area (Å²) < 4.78 is 5.10. The Labute approximate surface area is 167 Å². The largest absolute Gasteiger partial charge is 0.449 e. The zero-order valence-electron chi connectivity index (χ0n) is 15.5. The van der Waals surface area contributed by atoms with Gasteiger partial charge in [0.25, 0.3) is 5.91 Å². The average molecular weight is 398 g/mol. The summed E-state index contributed by atoms with van der Waals surface area (Å²) in [5, 5.41) is 6.42. The molecule has 0 aliphatic heterocycles. The van der Waals surface area contributed by atoms with E-state index in [1.165, 1.54) is 6.07 Å². The molecule has 0 fully saturated rings. The zero-order chi connectivity index (χ0) is 20.1. The van der Waals surface area contributed by atoms with E-state index in [4.69, 9.17) is 16.3 Å². The van der Waals surface area contributed by atoms with Crippen molar-refractivity contribution >= 4 is 45.9 Å². The highest BCUT2D eigenvalue weighted by Gasteiger charge is 2.13. The summed E-state index contributed by atoms with van der Waals surface area (Å²) in [5.41, 5.74) is 2.11. The van der Waals surface area contributed by atoms with E-state index < -0.39 is 6.09 Å². The lowest BCUT2D eigenvalue weighted by Gasteiger charge is -2.11. The van der Waals surface area contributed by atoms with Gasteiger partial charge in [0.05, 0.1) is 17.7 Å². The van der Waals surface area contributed by atoms with Gasteiger partial charge in [-0.3, -0.25) is 10.1 Å². The van der Waals surface area contributed by atoms with Crippen molar-refractivity contribution in [2.75, 3.05) is 17.2 Å². The Morgan fingerprint density at radius 3 is 2.50 bits per heavy atom. The van der Waals surface area contributed by atoms with Crippen molar-refractivity contribution in [3.05, 3.63) is 65.3 Å². The molecule has 2 N–H and O–H groups in total. The number of rotatable bonds is 5. The second-order valence-electron chi connectivity index (χ2n) is 6.66. The van der Waals surface area contributed by atoms with Gasteiger partial charge in [-0.2, -0.15) is 0 Å². The molecule has 2 aromatic carbocycles. The maximum Gasteiger partial charge on any atom is 0.411 e. The van der Waals surface area contributed by atoms with Crippen molar-refractivity contribution in [3.8, 4) is 0 Å². The number of ether oxygens (including phenoxy) is 1. The summed E-state index contributed by atoms with van der Waals surface area (Å²) in [7, 11) is 0. The van der Waals surface area contributed by atoms with Crippen LogP contribution in [-0.4, -0.2) is 23.6 Å². The Hall–Kier alpha value is -3.12. The van der Waals surface area contributed by atoms with E-state index in [0.717, 1.165) is 0 Å². The number of hydrogen-bond acceptors (Lipinski definition) is 4. The van der Waals surface area contributed by atoms with E-state index in [9.17, 15) is 9.59 Å². The predicted octanol–water partition coefficient (Wildman–Crippen LogP) is 5.35. The molecule has 0 aliphatic carbocycles. The Morgan fingerprint density at radius 1 is 1.04 bits per heavy atom. The summed E-state index contributed by atoms with van der Waals surface area (Å²) in [4.78, 5) is 28.8. The zero-order valence-corrected chi connectivity index (χ0v) is 16.3. The Morgan fingerprint density at radius 2 is 1.75 bits per heavy atom. The van der Waals surface area contributed by atoms with Gasteiger partial charge < -0.3 is 10.1 Å². The fraction of sp³-hybridized carbons (Fsp3) is 0.190. The van der Waals surface area contributed by atoms with Crippen LogP contribution in [0.4, 0.5) is 16.2 Å². The number of fused-ring (bicyclic) bond motifs is 1. The molecule has 0 radical (unpaired) electrons. The van der Waals surface area contributed by atoms with Gasteiger partial charge in [0.15, 0.2) is 0 Å². The molecule has 6 nitrogen and oxygen atoms in total. The van der Waals surface area contributed by atoms with Crippen molar-refractivity contribution in [1.82, 2.24) is 4.98 Å². The van der Waals surface area contributed by atoms with Gasteiger partial charge in [0, 0.05) is 16.8 Å². The van der Waals surface area contributed by atoms with Gasteiger partial charge in [0.2, 0.25) is 0 Å². The number of anilines is 2. The fourth-order valence-corrected chi connectivity index (χ4v) is 2.80. The molecule has 1 heterocycles. The maximum absolute atomic E-state index is 12.8. The second kappa shape index (κ2) is 8.71. The third-order valence-electron chi connectivity index (χ3n) is 3.84. The van der Waals surface area contributed by atoms with Gasteiger partial charge in [0.1, 0.15) is 5.15 Å². The number of nitrogens with zero attached hydrogens (tertiary/aromatic N) is 1. The van der Waals surface area contributed by atoms with Gasteiger partial charge in [-0.1, -0.05) is 49.7 Å². The van der Waals surface area contributed by atoms with Gasteiger partial charge >= 0.3 is 6.09 Å². The van der Waals surface area contributed by atoms with Gasteiger partial charge in [-0.25, -0.2) is 9.78 Å². The maximum atomic E-state index is 12.8. The standard InChI is InChI=1S/C21H20ClN3O3/c1-13(2)12-28-21(27)24-15-7-5-6-14(10-15)23-20(26)17-11-19(22)25-18-9-4-3-8-16(17)18/h3-11,13H,12H2,1-2H3,(H,23,26)(H,24,27). The lowest BCUT2D eigenvalue weighted by atomic mass is 10.1. The number of carbonyl (C=O) groups excluding carboxylic acids is 2. The predicted molar refractivity (Wildman–Crippen MR) is 111 cm³/mol. The van der Waals surface area contributed by atoms with Crippen LogP contribution < -0.4 is 10.6 Å². The van der Waals surface area contributed by atoms with Crippen LogP contribution in [0.2, 0.25) is 5.15 Å². The van der Waals surface area contributed by atoms with Crippen molar-refractivity contribution < 1.29 is 14.3 Å². The number of aromatic nitrogens is 1. The summed E-state index contributed by atoms with van der Waals surface area (Å²) in [6, 6.07) is 15.6. The summed E-state index contributed by atoms with van der Waals surface area (Å²) in [6.45, 7) is 4.25. The molecule has 0 bridgehead atoms. The second-order valence-corrected chi connectivity index (χ2v) is 7.05. The highest BCUT2D eigenvalue weighted by molar-refractivity contribution is 6.30. The number of nitrogens with one attached hydrogen (secondary N) is 2. The van der Waals surface area contributed by atoms with Crippen LogP contribution in [0, 0.1) is 5.92 Å². The smallest absolute Gasteiger partial charge is 0.411 e. The Balaban J connectivity index is 1.76. The van der Waals surface area contributed by atoms with E-state index in [2.05, 4.69) is 15.6 Å². The summed E-state index contributed by atoms with van der Waals surface area (Å²) >= 11 is 6.05. The molecule has 0 spiro atoms. The molecule has 3 aromatic rings. The van der Waals surface area contributed by atoms with Crippen molar-refractivity contribution in [3.63, 3.8) is 0 Å². The van der Waals surface area contributed by atoms with Crippen LogP contribution in [0.3, 0.4) is 0 Å². The molecule has 0 atom stereocenters. The van der Waals surface area contributed by atoms with E-state index in [-0.39, 0.29) is 17.0 Å². The Kier molecular flexibility index (Phi) is 6.11. The molecule has 1 aromatic heterocycles. The van der Waals surface area contributed by atoms with Crippen LogP contribution >= 0.6 is 11.6 Å². The molecule has 28 heavy (non-hydrogen) atoms. The van der Waals surface area contributed by atoms with Gasteiger partial charge in [-0.15, -0.1) is 0 Å². The molecule has 0 saturated carbocycles. The molecule has 2 amide bonds. The molecular weight excluding hydrogens is 378 g/mol. The third-order valence-corrected chi connectivity index (χ3v) is 4.04. The number of hydrogen-bond donors (Lipinski definition) is 2. The number of amides is 2. The average Bonchev–Trinajstić information content (AvgIpc) is 2.66. The first-order valence-electron chi connectivity index (χ1n) is 8.83. The molecule has 0 saturated heterocycles. The van der Waals surface area contributed by atoms with E-state index >= 15 is 0 Å². The minimum Gasteiger partial charge on any atom is -0.449 e. The van der Waals surface area contributed by atoms with E-state index in [1.54, 1.807) is 30.3 Å². The van der Waals surface area contributed by atoms with Crippen LogP contribution in [-0.2, 0) is 4.74 Å². The molecule has 3 rings (SSSR count). The molecule has 0 unspecified atom stereocenters. The van der Waals surface area contributed by atoms with Crippen LogP contribution in [0.25, 0.3) is 10.9 Å². The third kappa shape index (κ3) is 4.98. The number of carbonyl (C=O) groups is 2. The number of halogens is 1. The van der Waals surface area contributed by atoms with Crippen molar-refractivity contribution in [1.29, 1.82) is 0 Å². The van der Waals surface area contributed by atoms with E-state index in [0.29, 0.717) is 34.4 Å². The number of pyridine rings is 1. The minimum absolute atomic E-state index is 0.243. The quantitative estimate of drug-likeness (QED) is 0.569. The summed E-state index contributed by atoms with van der Waals surface area (Å²) in [6.07, 6.45) is -0.538. The Bertz CT molecular complexity index is 1020. The van der Waals surface area contributed by atoms with Crippen LogP contribution in [0.15, 0.2) is 54.6 Å². The monoisotopic (exact) mass is 397 g/mol. The lowest BCUT2D eigenvalue weighted by Crippen LogP contribution is -2.17. The first kappa shape index (κ1) is 19.6. The summed E-state index contributed by atoms with van der Waals surface area (Å²) in [5.74, 6) is -0.0709.